The van der Waals surface area contributed by atoms with Crippen molar-refractivity contribution in [3.05, 3.63) is 157 Å². The molecular formula is C45H30N2S. The number of hydrogen-bond donors (Lipinski definition) is 0. The lowest BCUT2D eigenvalue weighted by Crippen LogP contribution is -2.23. The molecule has 226 valence electrons. The topological polar surface area (TPSA) is 25.8 Å². The molecule has 1 aromatic heterocycles. The molecule has 0 spiro atoms. The van der Waals surface area contributed by atoms with E-state index in [0.717, 1.165) is 33.5 Å². The van der Waals surface area contributed by atoms with E-state index in [1.807, 2.05) is 11.8 Å². The van der Waals surface area contributed by atoms with Crippen LogP contribution in [0.2, 0.25) is 0 Å². The predicted molar refractivity (Wildman–Crippen MR) is 200 cm³/mol. The molecule has 2 aliphatic rings. The molecule has 1 aliphatic heterocycles. The van der Waals surface area contributed by atoms with E-state index in [2.05, 4.69) is 159 Å². The maximum atomic E-state index is 5.30. The SMILES string of the molecule is CC1(C)c2ccccc2Sc2cc(-c3ccc(-c4nc(-c5ccc6c7c(cccc57)-c5ccccc5-6)c5ccccc5n4)cc3)ccc21. The average molecular weight is 631 g/mol. The van der Waals surface area contributed by atoms with Gasteiger partial charge in [-0.3, -0.25) is 0 Å². The summed E-state index contributed by atoms with van der Waals surface area (Å²) in [5.41, 5.74) is 14.4. The lowest BCUT2D eigenvalue weighted by Gasteiger charge is -2.34. The maximum absolute atomic E-state index is 5.30. The van der Waals surface area contributed by atoms with E-state index in [4.69, 9.17) is 9.97 Å². The summed E-state index contributed by atoms with van der Waals surface area (Å²) in [6, 6.07) is 52.8. The summed E-state index contributed by atoms with van der Waals surface area (Å²) >= 11 is 1.88. The molecule has 0 bridgehead atoms. The van der Waals surface area contributed by atoms with Crippen LogP contribution in [-0.4, -0.2) is 9.97 Å². The molecular weight excluding hydrogens is 601 g/mol. The van der Waals surface area contributed by atoms with Crippen molar-refractivity contribution in [1.82, 2.24) is 9.97 Å². The Balaban J connectivity index is 1.06. The Morgan fingerprint density at radius 3 is 1.94 bits per heavy atom. The van der Waals surface area contributed by atoms with Crippen LogP contribution in [0.3, 0.4) is 0 Å². The van der Waals surface area contributed by atoms with Crippen LogP contribution in [0.25, 0.3) is 77.7 Å². The molecule has 0 saturated carbocycles. The van der Waals surface area contributed by atoms with Crippen LogP contribution in [0.5, 0.6) is 0 Å². The number of para-hydroxylation sites is 1. The minimum atomic E-state index is -0.0281. The summed E-state index contributed by atoms with van der Waals surface area (Å²) in [6.45, 7) is 4.67. The molecule has 2 nitrogen and oxygen atoms in total. The Bertz CT molecular complexity index is 2590. The second-order valence-electron chi connectivity index (χ2n) is 13.4. The standard InChI is InChI=1S/C45H30N2S/c1-45(2)37-15-6-8-17-40(37)48-41-26-29(22-25-38(41)45)27-18-20-28(21-19-27)44-46-39-16-7-5-12-36(39)43(47-44)35-24-23-34-31-11-4-3-10-30(31)32-13-9-14-33(35)42(32)34/h3-26H,1-2H3. The fourth-order valence-corrected chi connectivity index (χ4v) is 9.31. The molecule has 48 heavy (non-hydrogen) atoms. The van der Waals surface area contributed by atoms with E-state index in [1.54, 1.807) is 0 Å². The molecule has 7 aromatic carbocycles. The summed E-state index contributed by atoms with van der Waals surface area (Å²) in [5.74, 6) is 0.737. The van der Waals surface area contributed by atoms with Crippen molar-refractivity contribution in [1.29, 1.82) is 0 Å². The van der Waals surface area contributed by atoms with Gasteiger partial charge in [0.1, 0.15) is 0 Å². The molecule has 8 aromatic rings. The molecule has 2 heterocycles. The average Bonchev–Trinajstić information content (AvgIpc) is 3.46. The van der Waals surface area contributed by atoms with Crippen LogP contribution < -0.4 is 0 Å². The van der Waals surface area contributed by atoms with E-state index in [-0.39, 0.29) is 5.41 Å². The van der Waals surface area contributed by atoms with Crippen molar-refractivity contribution in [2.75, 3.05) is 0 Å². The minimum Gasteiger partial charge on any atom is -0.228 e. The van der Waals surface area contributed by atoms with Gasteiger partial charge < -0.3 is 0 Å². The largest absolute Gasteiger partial charge is 0.228 e. The van der Waals surface area contributed by atoms with E-state index >= 15 is 0 Å². The quantitative estimate of drug-likeness (QED) is 0.194. The zero-order valence-electron chi connectivity index (χ0n) is 26.7. The first kappa shape index (κ1) is 27.6. The number of benzene rings is 7. The molecule has 0 atom stereocenters. The van der Waals surface area contributed by atoms with Gasteiger partial charge >= 0.3 is 0 Å². The van der Waals surface area contributed by atoms with E-state index in [1.165, 1.54) is 65.1 Å². The maximum Gasteiger partial charge on any atom is 0.160 e. The molecule has 3 heteroatoms. The molecule has 0 radical (unpaired) electrons. The van der Waals surface area contributed by atoms with Crippen molar-refractivity contribution >= 4 is 33.4 Å². The molecule has 0 saturated heterocycles. The van der Waals surface area contributed by atoms with Gasteiger partial charge in [0, 0.05) is 31.7 Å². The van der Waals surface area contributed by atoms with Crippen LogP contribution >= 0.6 is 11.8 Å². The smallest absolute Gasteiger partial charge is 0.160 e. The van der Waals surface area contributed by atoms with Crippen molar-refractivity contribution in [3.63, 3.8) is 0 Å². The summed E-state index contributed by atoms with van der Waals surface area (Å²) < 4.78 is 0. The van der Waals surface area contributed by atoms with Gasteiger partial charge in [0.05, 0.1) is 11.2 Å². The fourth-order valence-electron chi connectivity index (χ4n) is 7.88. The van der Waals surface area contributed by atoms with Gasteiger partial charge in [-0.15, -0.1) is 0 Å². The lowest BCUT2D eigenvalue weighted by atomic mass is 9.77. The van der Waals surface area contributed by atoms with Gasteiger partial charge in [0.25, 0.3) is 0 Å². The highest BCUT2D eigenvalue weighted by molar-refractivity contribution is 7.99. The van der Waals surface area contributed by atoms with Gasteiger partial charge in [-0.1, -0.05) is 153 Å². The molecule has 10 rings (SSSR count). The molecule has 1 aliphatic carbocycles. The van der Waals surface area contributed by atoms with Crippen LogP contribution in [-0.2, 0) is 5.41 Å². The second kappa shape index (κ2) is 10.2. The normalized spacial score (nSPS) is 13.7. The number of nitrogens with zero attached hydrogens (tertiary/aromatic N) is 2. The number of fused-ring (bicyclic) bond motifs is 6. The third-order valence-corrected chi connectivity index (χ3v) is 11.5. The summed E-state index contributed by atoms with van der Waals surface area (Å²) in [5, 5.41) is 3.59. The third kappa shape index (κ3) is 4.01. The van der Waals surface area contributed by atoms with Crippen molar-refractivity contribution in [2.45, 2.75) is 29.1 Å². The summed E-state index contributed by atoms with van der Waals surface area (Å²) in [6.07, 6.45) is 0. The van der Waals surface area contributed by atoms with Gasteiger partial charge in [0.15, 0.2) is 5.82 Å². The molecule has 0 fully saturated rings. The highest BCUT2D eigenvalue weighted by Gasteiger charge is 2.33. The second-order valence-corrected chi connectivity index (χ2v) is 14.4. The Morgan fingerprint density at radius 1 is 0.458 bits per heavy atom. The first-order chi connectivity index (χ1) is 23.5. The number of hydrogen-bond acceptors (Lipinski definition) is 3. The molecule has 0 unspecified atom stereocenters. The Kier molecular flexibility index (Phi) is 5.89. The van der Waals surface area contributed by atoms with Crippen LogP contribution in [0, 0.1) is 0 Å². The third-order valence-electron chi connectivity index (χ3n) is 10.3. The Morgan fingerprint density at radius 2 is 1.08 bits per heavy atom. The van der Waals surface area contributed by atoms with Gasteiger partial charge in [-0.05, 0) is 73.5 Å². The van der Waals surface area contributed by atoms with E-state index in [9.17, 15) is 0 Å². The minimum absolute atomic E-state index is 0.0281. The first-order valence-electron chi connectivity index (χ1n) is 16.5. The van der Waals surface area contributed by atoms with Gasteiger partial charge in [0.2, 0.25) is 0 Å². The summed E-state index contributed by atoms with van der Waals surface area (Å²) in [7, 11) is 0. The Labute approximate surface area is 284 Å². The Hall–Kier alpha value is -5.51. The highest BCUT2D eigenvalue weighted by Crippen LogP contribution is 2.51. The van der Waals surface area contributed by atoms with Gasteiger partial charge in [-0.2, -0.15) is 0 Å². The molecule has 0 amide bonds. The van der Waals surface area contributed by atoms with Gasteiger partial charge in [-0.25, -0.2) is 9.97 Å². The molecule has 0 N–H and O–H groups in total. The summed E-state index contributed by atoms with van der Waals surface area (Å²) in [4.78, 5) is 13.1. The predicted octanol–water partition coefficient (Wildman–Crippen LogP) is 12.2. The van der Waals surface area contributed by atoms with Crippen molar-refractivity contribution < 1.29 is 0 Å². The highest BCUT2D eigenvalue weighted by atomic mass is 32.2. The number of aromatic nitrogens is 2. The van der Waals surface area contributed by atoms with Crippen molar-refractivity contribution in [2.24, 2.45) is 0 Å². The van der Waals surface area contributed by atoms with Crippen LogP contribution in [0.15, 0.2) is 155 Å². The first-order valence-corrected chi connectivity index (χ1v) is 17.3. The van der Waals surface area contributed by atoms with Crippen molar-refractivity contribution in [3.8, 4) is 56.0 Å². The van der Waals surface area contributed by atoms with E-state index < -0.39 is 0 Å². The van der Waals surface area contributed by atoms with Crippen LogP contribution in [0.4, 0.5) is 0 Å². The number of rotatable bonds is 3. The fraction of sp³-hybridized carbons (Fsp3) is 0.0667. The zero-order valence-corrected chi connectivity index (χ0v) is 27.5. The van der Waals surface area contributed by atoms with E-state index in [0.29, 0.717) is 0 Å². The zero-order chi connectivity index (χ0) is 32.0. The monoisotopic (exact) mass is 630 g/mol. The lowest BCUT2D eigenvalue weighted by molar-refractivity contribution is 0.607. The van der Waals surface area contributed by atoms with Crippen LogP contribution in [0.1, 0.15) is 25.0 Å².